The van der Waals surface area contributed by atoms with Gasteiger partial charge in [0, 0.05) is 0 Å². The predicted octanol–water partition coefficient (Wildman–Crippen LogP) is 2.69. The Morgan fingerprint density at radius 2 is 1.00 bits per heavy atom. The van der Waals surface area contributed by atoms with Gasteiger partial charge in [0.2, 0.25) is 0 Å². The molecule has 1 saturated heterocycles. The summed E-state index contributed by atoms with van der Waals surface area (Å²) in [6, 6.07) is 15.7. The molecule has 0 N–H and O–H groups in total. The summed E-state index contributed by atoms with van der Waals surface area (Å²) in [7, 11) is 3.33. The van der Waals surface area contributed by atoms with Crippen LogP contribution in [0.1, 0.15) is 11.1 Å². The predicted molar refractivity (Wildman–Crippen MR) is 104 cm³/mol. The molecule has 2 aromatic rings. The minimum absolute atomic E-state index is 0.852. The largest absolute Gasteiger partial charge is 0.497 e. The van der Waals surface area contributed by atoms with Gasteiger partial charge in [0.15, 0.2) is 0 Å². The Morgan fingerprint density at radius 1 is 0.654 bits per heavy atom. The topological polar surface area (TPSA) is 49.7 Å². The molecule has 0 bridgehead atoms. The van der Waals surface area contributed by atoms with Crippen molar-refractivity contribution in [2.45, 2.75) is 0 Å². The minimum Gasteiger partial charge on any atom is -0.497 e. The van der Waals surface area contributed by atoms with Gasteiger partial charge < -0.3 is 9.47 Å². The Kier molecular flexibility index (Phi) is 6.09. The van der Waals surface area contributed by atoms with E-state index in [4.69, 9.17) is 9.47 Å². The highest BCUT2D eigenvalue weighted by atomic mass is 16.5. The van der Waals surface area contributed by atoms with Crippen LogP contribution in [-0.2, 0) is 0 Å². The highest BCUT2D eigenvalue weighted by Crippen LogP contribution is 2.11. The molecule has 1 heterocycles. The molecule has 3 rings (SSSR count). The number of hydrogen-bond acceptors (Lipinski definition) is 6. The normalized spacial score (nSPS) is 15.0. The molecule has 6 heteroatoms. The van der Waals surface area contributed by atoms with Gasteiger partial charge in [-0.15, -0.1) is 0 Å². The van der Waals surface area contributed by atoms with E-state index < -0.39 is 0 Å². The number of hydrogen-bond donors (Lipinski definition) is 0. The molecule has 0 atom stereocenters. The van der Waals surface area contributed by atoms with Crippen LogP contribution in [0.15, 0.2) is 58.7 Å². The molecule has 2 aromatic carbocycles. The van der Waals surface area contributed by atoms with Crippen LogP contribution in [0.25, 0.3) is 0 Å². The van der Waals surface area contributed by atoms with Gasteiger partial charge in [0.05, 0.1) is 52.8 Å². The zero-order valence-corrected chi connectivity index (χ0v) is 15.2. The molecular formula is C20H24N4O2. The Labute approximate surface area is 154 Å². The third-order valence-corrected chi connectivity index (χ3v) is 4.20. The van der Waals surface area contributed by atoms with Gasteiger partial charge in [0.25, 0.3) is 0 Å². The lowest BCUT2D eigenvalue weighted by molar-refractivity contribution is 0.141. The van der Waals surface area contributed by atoms with E-state index in [-0.39, 0.29) is 0 Å². The fourth-order valence-electron chi connectivity index (χ4n) is 2.59. The number of benzene rings is 2. The first-order valence-corrected chi connectivity index (χ1v) is 8.63. The van der Waals surface area contributed by atoms with E-state index in [9.17, 15) is 0 Å². The van der Waals surface area contributed by atoms with Crippen molar-refractivity contribution in [3.05, 3.63) is 59.7 Å². The van der Waals surface area contributed by atoms with Gasteiger partial charge >= 0.3 is 0 Å². The lowest BCUT2D eigenvalue weighted by Gasteiger charge is -2.31. The van der Waals surface area contributed by atoms with Crippen molar-refractivity contribution in [3.8, 4) is 11.5 Å². The highest BCUT2D eigenvalue weighted by Gasteiger charge is 2.12. The van der Waals surface area contributed by atoms with E-state index >= 15 is 0 Å². The van der Waals surface area contributed by atoms with Crippen molar-refractivity contribution in [3.63, 3.8) is 0 Å². The van der Waals surface area contributed by atoms with Crippen LogP contribution in [0.4, 0.5) is 0 Å². The van der Waals surface area contributed by atoms with Crippen LogP contribution in [0.3, 0.4) is 0 Å². The second kappa shape index (κ2) is 8.89. The van der Waals surface area contributed by atoms with Gasteiger partial charge in [-0.05, 0) is 59.7 Å². The molecule has 0 aliphatic carbocycles. The van der Waals surface area contributed by atoms with Crippen LogP contribution in [-0.4, -0.2) is 62.8 Å². The van der Waals surface area contributed by atoms with Crippen molar-refractivity contribution in [2.75, 3.05) is 40.4 Å². The van der Waals surface area contributed by atoms with Crippen molar-refractivity contribution in [2.24, 2.45) is 10.2 Å². The van der Waals surface area contributed by atoms with Crippen molar-refractivity contribution in [1.82, 2.24) is 10.0 Å². The molecule has 136 valence electrons. The van der Waals surface area contributed by atoms with Crippen molar-refractivity contribution < 1.29 is 9.47 Å². The Hall–Kier alpha value is -3.02. The third-order valence-electron chi connectivity index (χ3n) is 4.20. The first kappa shape index (κ1) is 17.8. The monoisotopic (exact) mass is 352 g/mol. The zero-order chi connectivity index (χ0) is 18.2. The molecule has 0 saturated carbocycles. The van der Waals surface area contributed by atoms with Crippen molar-refractivity contribution in [1.29, 1.82) is 0 Å². The summed E-state index contributed by atoms with van der Waals surface area (Å²) in [6.07, 6.45) is 3.77. The molecule has 0 unspecified atom stereocenters. The number of piperazine rings is 1. The Balaban J connectivity index is 1.47. The fourth-order valence-corrected chi connectivity index (χ4v) is 2.59. The summed E-state index contributed by atoms with van der Waals surface area (Å²) >= 11 is 0. The third kappa shape index (κ3) is 4.99. The number of nitrogens with zero attached hydrogens (tertiary/aromatic N) is 4. The van der Waals surface area contributed by atoms with E-state index in [1.165, 1.54) is 0 Å². The molecule has 1 aliphatic rings. The Morgan fingerprint density at radius 3 is 1.31 bits per heavy atom. The lowest BCUT2D eigenvalue weighted by atomic mass is 10.2. The molecule has 0 aromatic heterocycles. The van der Waals surface area contributed by atoms with E-state index in [0.717, 1.165) is 48.8 Å². The molecule has 26 heavy (non-hydrogen) atoms. The van der Waals surface area contributed by atoms with E-state index in [1.54, 1.807) is 14.2 Å². The number of ether oxygens (including phenoxy) is 2. The van der Waals surface area contributed by atoms with Crippen LogP contribution >= 0.6 is 0 Å². The van der Waals surface area contributed by atoms with Gasteiger partial charge in [-0.1, -0.05) is 0 Å². The molecule has 0 radical (unpaired) electrons. The standard InChI is InChI=1S/C20H24N4O2/c1-25-19-7-3-17(4-8-19)15-21-23-11-13-24(14-12-23)22-16-18-5-9-20(26-2)10-6-18/h3-10,15-16H,11-14H2,1-2H3/b21-15-,22-16-. The smallest absolute Gasteiger partial charge is 0.118 e. The van der Waals surface area contributed by atoms with E-state index in [2.05, 4.69) is 20.2 Å². The summed E-state index contributed by atoms with van der Waals surface area (Å²) in [5.41, 5.74) is 2.12. The van der Waals surface area contributed by atoms with E-state index in [1.807, 2.05) is 61.0 Å². The van der Waals surface area contributed by atoms with E-state index in [0.29, 0.717) is 0 Å². The summed E-state index contributed by atoms with van der Waals surface area (Å²) in [5.74, 6) is 1.70. The molecule has 6 nitrogen and oxygen atoms in total. The maximum absolute atomic E-state index is 5.16. The van der Waals surface area contributed by atoms with Crippen LogP contribution in [0.2, 0.25) is 0 Å². The first-order chi connectivity index (χ1) is 12.8. The Bertz CT molecular complexity index is 668. The van der Waals surface area contributed by atoms with Gasteiger partial charge in [-0.3, -0.25) is 10.0 Å². The van der Waals surface area contributed by atoms with Crippen LogP contribution in [0, 0.1) is 0 Å². The minimum atomic E-state index is 0.852. The SMILES string of the molecule is COc1ccc(/C=N\N2CCN(/N=C\c3ccc(OC)cc3)CC2)cc1. The molecule has 0 amide bonds. The molecule has 1 aliphatic heterocycles. The average molecular weight is 352 g/mol. The van der Waals surface area contributed by atoms with Gasteiger partial charge in [-0.25, -0.2) is 0 Å². The second-order valence-electron chi connectivity index (χ2n) is 5.94. The summed E-state index contributed by atoms with van der Waals surface area (Å²) < 4.78 is 10.3. The summed E-state index contributed by atoms with van der Waals surface area (Å²) in [5, 5.41) is 13.3. The van der Waals surface area contributed by atoms with Crippen LogP contribution in [0.5, 0.6) is 11.5 Å². The molecule has 1 fully saturated rings. The maximum Gasteiger partial charge on any atom is 0.118 e. The van der Waals surface area contributed by atoms with Crippen molar-refractivity contribution >= 4 is 12.4 Å². The quantitative estimate of drug-likeness (QED) is 0.750. The molecule has 0 spiro atoms. The lowest BCUT2D eigenvalue weighted by Crippen LogP contribution is -2.41. The van der Waals surface area contributed by atoms with Gasteiger partial charge in [0.1, 0.15) is 11.5 Å². The average Bonchev–Trinajstić information content (AvgIpc) is 2.72. The van der Waals surface area contributed by atoms with Gasteiger partial charge in [-0.2, -0.15) is 10.2 Å². The number of methoxy groups -OCH3 is 2. The summed E-state index contributed by atoms with van der Waals surface area (Å²) in [4.78, 5) is 0. The zero-order valence-electron chi connectivity index (χ0n) is 15.2. The highest BCUT2D eigenvalue weighted by molar-refractivity contribution is 5.80. The fraction of sp³-hybridized carbons (Fsp3) is 0.300. The summed E-state index contributed by atoms with van der Waals surface area (Å²) in [6.45, 7) is 3.42. The van der Waals surface area contributed by atoms with Crippen LogP contribution < -0.4 is 9.47 Å². The molecular weight excluding hydrogens is 328 g/mol. The second-order valence-corrected chi connectivity index (χ2v) is 5.94. The maximum atomic E-state index is 5.16. The number of hydrazone groups is 2. The first-order valence-electron chi connectivity index (χ1n) is 8.63. The number of rotatable bonds is 6.